The fraction of sp³-hybridized carbons (Fsp3) is 0.562. The van der Waals surface area contributed by atoms with Crippen molar-refractivity contribution in [2.24, 2.45) is 5.92 Å². The molecule has 0 radical (unpaired) electrons. The molecule has 18 heavy (non-hydrogen) atoms. The normalized spacial score (nSPS) is 13.3. The molecule has 0 aromatic heterocycles. The first-order valence-electron chi connectivity index (χ1n) is 6.58. The van der Waals surface area contributed by atoms with Crippen LogP contribution in [0.1, 0.15) is 51.7 Å². The van der Waals surface area contributed by atoms with Crippen molar-refractivity contribution in [2.45, 2.75) is 52.4 Å². The zero-order valence-corrected chi connectivity index (χ0v) is 11.8. The zero-order chi connectivity index (χ0) is 13.8. The molecule has 0 amide bonds. The number of carboxylic acids is 1. The molecule has 1 aromatic carbocycles. The molecule has 0 fully saturated rings. The van der Waals surface area contributed by atoms with Crippen LogP contribution in [-0.4, -0.2) is 5.97 Å². The van der Waals surface area contributed by atoms with E-state index in [0.717, 1.165) is 6.42 Å². The number of carbonyl (C=O) groups excluding carboxylic acids is 1. The van der Waals surface area contributed by atoms with Gasteiger partial charge >= 0.3 is 0 Å². The highest BCUT2D eigenvalue weighted by Crippen LogP contribution is 2.24. The first-order chi connectivity index (χ1) is 8.29. The summed E-state index contributed by atoms with van der Waals surface area (Å²) in [4.78, 5) is 10.4. The summed E-state index contributed by atoms with van der Waals surface area (Å²) in [7, 11) is 0. The quantitative estimate of drug-likeness (QED) is 0.802. The van der Waals surface area contributed by atoms with Gasteiger partial charge in [-0.1, -0.05) is 52.0 Å². The third kappa shape index (κ3) is 4.91. The maximum atomic E-state index is 10.4. The standard InChI is InChI=1S/C16H24O2/c1-12(8-9-15(17)18)10-13-6-5-7-14(11-13)16(2,3)4/h5-7,11-12H,8-10H2,1-4H3,(H,17,18)/p-1. The van der Waals surface area contributed by atoms with Crippen molar-refractivity contribution in [1.29, 1.82) is 0 Å². The van der Waals surface area contributed by atoms with Crippen molar-refractivity contribution in [1.82, 2.24) is 0 Å². The molecule has 0 heterocycles. The summed E-state index contributed by atoms with van der Waals surface area (Å²) in [6, 6.07) is 8.58. The lowest BCUT2D eigenvalue weighted by Crippen LogP contribution is -2.22. The molecule has 1 aromatic rings. The van der Waals surface area contributed by atoms with E-state index < -0.39 is 5.97 Å². The summed E-state index contributed by atoms with van der Waals surface area (Å²) in [5.74, 6) is -0.580. The molecular weight excluding hydrogens is 224 g/mol. The summed E-state index contributed by atoms with van der Waals surface area (Å²) in [5.41, 5.74) is 2.77. The van der Waals surface area contributed by atoms with Gasteiger partial charge in [0.2, 0.25) is 0 Å². The minimum Gasteiger partial charge on any atom is -0.550 e. The number of rotatable bonds is 5. The number of hydrogen-bond acceptors (Lipinski definition) is 2. The Labute approximate surface area is 110 Å². The highest BCUT2D eigenvalue weighted by atomic mass is 16.4. The minimum atomic E-state index is -0.953. The Balaban J connectivity index is 2.65. The maximum Gasteiger partial charge on any atom is 0.0414 e. The van der Waals surface area contributed by atoms with Crippen LogP contribution in [0.15, 0.2) is 24.3 Å². The smallest absolute Gasteiger partial charge is 0.0414 e. The molecule has 1 rings (SSSR count). The summed E-state index contributed by atoms with van der Waals surface area (Å²) in [5, 5.41) is 10.4. The molecule has 0 saturated heterocycles. The topological polar surface area (TPSA) is 40.1 Å². The largest absolute Gasteiger partial charge is 0.550 e. The Kier molecular flexibility index (Phi) is 4.94. The van der Waals surface area contributed by atoms with E-state index in [1.807, 2.05) is 0 Å². The van der Waals surface area contributed by atoms with E-state index in [2.05, 4.69) is 52.0 Å². The van der Waals surface area contributed by atoms with Crippen LogP contribution in [0, 0.1) is 5.92 Å². The van der Waals surface area contributed by atoms with Crippen LogP contribution in [0.5, 0.6) is 0 Å². The average molecular weight is 247 g/mol. The van der Waals surface area contributed by atoms with Gasteiger partial charge in [-0.3, -0.25) is 0 Å². The molecule has 2 heteroatoms. The van der Waals surface area contributed by atoms with Crippen LogP contribution in [0.4, 0.5) is 0 Å². The molecule has 2 nitrogen and oxygen atoms in total. The van der Waals surface area contributed by atoms with E-state index >= 15 is 0 Å². The number of carboxylic acid groups (broad SMARTS) is 1. The maximum absolute atomic E-state index is 10.4. The van der Waals surface area contributed by atoms with Gasteiger partial charge < -0.3 is 9.90 Å². The third-order valence-corrected chi connectivity index (χ3v) is 3.22. The molecule has 0 bridgehead atoms. The first kappa shape index (κ1) is 14.7. The zero-order valence-electron chi connectivity index (χ0n) is 11.8. The summed E-state index contributed by atoms with van der Waals surface area (Å²) < 4.78 is 0. The molecule has 0 N–H and O–H groups in total. The van der Waals surface area contributed by atoms with Crippen LogP contribution >= 0.6 is 0 Å². The predicted octanol–water partition coefficient (Wildman–Crippen LogP) is 2.69. The highest BCUT2D eigenvalue weighted by Gasteiger charge is 2.14. The highest BCUT2D eigenvalue weighted by molar-refractivity contribution is 5.64. The van der Waals surface area contributed by atoms with Crippen molar-refractivity contribution < 1.29 is 9.90 Å². The van der Waals surface area contributed by atoms with Crippen LogP contribution in [0.3, 0.4) is 0 Å². The van der Waals surface area contributed by atoms with Crippen LogP contribution in [0.2, 0.25) is 0 Å². The number of carbonyl (C=O) groups is 1. The molecule has 1 atom stereocenters. The number of aliphatic carboxylic acids is 1. The Bertz CT molecular complexity index is 402. The monoisotopic (exact) mass is 247 g/mol. The van der Waals surface area contributed by atoms with E-state index in [1.165, 1.54) is 11.1 Å². The predicted molar refractivity (Wildman–Crippen MR) is 72.3 cm³/mol. The Hall–Kier alpha value is -1.31. The lowest BCUT2D eigenvalue weighted by atomic mass is 9.85. The fourth-order valence-corrected chi connectivity index (χ4v) is 2.03. The second-order valence-corrected chi connectivity index (χ2v) is 6.17. The van der Waals surface area contributed by atoms with Gasteiger partial charge in [-0.05, 0) is 41.7 Å². The first-order valence-corrected chi connectivity index (χ1v) is 6.58. The number of hydrogen-bond donors (Lipinski definition) is 0. The van der Waals surface area contributed by atoms with Gasteiger partial charge in [0.15, 0.2) is 0 Å². The molecule has 0 spiro atoms. The number of benzene rings is 1. The van der Waals surface area contributed by atoms with Gasteiger partial charge in [-0.15, -0.1) is 0 Å². The second kappa shape index (κ2) is 6.03. The van der Waals surface area contributed by atoms with Gasteiger partial charge in [0.25, 0.3) is 0 Å². The lowest BCUT2D eigenvalue weighted by Gasteiger charge is -2.20. The molecule has 0 aliphatic carbocycles. The third-order valence-electron chi connectivity index (χ3n) is 3.22. The molecule has 0 aliphatic heterocycles. The summed E-state index contributed by atoms with van der Waals surface area (Å²) >= 11 is 0. The molecule has 100 valence electrons. The van der Waals surface area contributed by atoms with Gasteiger partial charge in [0.05, 0.1) is 0 Å². The van der Waals surface area contributed by atoms with Crippen molar-refractivity contribution in [2.75, 3.05) is 0 Å². The van der Waals surface area contributed by atoms with Crippen molar-refractivity contribution >= 4 is 5.97 Å². The molecule has 0 saturated carbocycles. The Morgan fingerprint density at radius 1 is 1.33 bits per heavy atom. The van der Waals surface area contributed by atoms with E-state index in [9.17, 15) is 9.90 Å². The van der Waals surface area contributed by atoms with Crippen molar-refractivity contribution in [3.05, 3.63) is 35.4 Å². The Morgan fingerprint density at radius 3 is 2.56 bits per heavy atom. The molecule has 0 aliphatic rings. The van der Waals surface area contributed by atoms with Crippen molar-refractivity contribution in [3.63, 3.8) is 0 Å². The second-order valence-electron chi connectivity index (χ2n) is 6.17. The summed E-state index contributed by atoms with van der Waals surface area (Å²) in [6.45, 7) is 8.69. The molecular formula is C16H23O2-. The van der Waals surface area contributed by atoms with E-state index in [0.29, 0.717) is 12.3 Å². The van der Waals surface area contributed by atoms with Crippen LogP contribution in [0.25, 0.3) is 0 Å². The van der Waals surface area contributed by atoms with Gasteiger partial charge in [0, 0.05) is 5.97 Å². The van der Waals surface area contributed by atoms with E-state index in [1.54, 1.807) is 0 Å². The van der Waals surface area contributed by atoms with Crippen LogP contribution in [-0.2, 0) is 16.6 Å². The van der Waals surface area contributed by atoms with Crippen LogP contribution < -0.4 is 5.11 Å². The summed E-state index contributed by atoms with van der Waals surface area (Å²) in [6.07, 6.45) is 1.76. The van der Waals surface area contributed by atoms with Gasteiger partial charge in [0.1, 0.15) is 0 Å². The van der Waals surface area contributed by atoms with Gasteiger partial charge in [-0.25, -0.2) is 0 Å². The SMILES string of the molecule is CC(CCC(=O)[O-])Cc1cccc(C(C)(C)C)c1. The Morgan fingerprint density at radius 2 is 2.00 bits per heavy atom. The van der Waals surface area contributed by atoms with E-state index in [4.69, 9.17) is 0 Å². The fourth-order valence-electron chi connectivity index (χ4n) is 2.03. The van der Waals surface area contributed by atoms with E-state index in [-0.39, 0.29) is 11.8 Å². The average Bonchev–Trinajstić information content (AvgIpc) is 2.25. The molecule has 1 unspecified atom stereocenters. The van der Waals surface area contributed by atoms with Gasteiger partial charge in [-0.2, -0.15) is 0 Å². The lowest BCUT2D eigenvalue weighted by molar-refractivity contribution is -0.306. The van der Waals surface area contributed by atoms with Crippen molar-refractivity contribution in [3.8, 4) is 0 Å². The minimum absolute atomic E-state index is 0.153.